The minimum Gasteiger partial charge on any atom is -0.353 e. The van der Waals surface area contributed by atoms with Gasteiger partial charge >= 0.3 is 0 Å². The molecule has 0 radical (unpaired) electrons. The van der Waals surface area contributed by atoms with E-state index in [4.69, 9.17) is 0 Å². The Kier molecular flexibility index (Phi) is 7.60. The number of carbonyl (C=O) groups excluding carboxylic acids is 1. The van der Waals surface area contributed by atoms with Crippen LogP contribution in [0.1, 0.15) is 51.5 Å². The van der Waals surface area contributed by atoms with Crippen molar-refractivity contribution in [1.29, 1.82) is 0 Å². The summed E-state index contributed by atoms with van der Waals surface area (Å²) in [6, 6.07) is 10.7. The lowest BCUT2D eigenvalue weighted by atomic mass is 9.84. The van der Waals surface area contributed by atoms with Crippen molar-refractivity contribution in [2.24, 2.45) is 11.8 Å². The van der Waals surface area contributed by atoms with Crippen LogP contribution < -0.4 is 10.6 Å². The molecule has 1 saturated heterocycles. The molecule has 3 heteroatoms. The van der Waals surface area contributed by atoms with Gasteiger partial charge in [0.1, 0.15) is 0 Å². The zero-order valence-electron chi connectivity index (χ0n) is 14.7. The summed E-state index contributed by atoms with van der Waals surface area (Å²) in [6.45, 7) is 6.62. The standard InChI is InChI=1S/C20H32N2O/c1-3-7-19(15-17-8-5-4-6-9-17)22-20(23)14-16(2)18-10-12-21-13-11-18/h4-6,8-9,16,18-19,21H,3,7,10-15H2,1-2H3,(H,22,23). The van der Waals surface area contributed by atoms with Gasteiger partial charge in [-0.2, -0.15) is 0 Å². The number of benzene rings is 1. The molecular formula is C20H32N2O. The van der Waals surface area contributed by atoms with Crippen molar-refractivity contribution in [1.82, 2.24) is 10.6 Å². The predicted octanol–water partition coefficient (Wildman–Crippen LogP) is 3.54. The summed E-state index contributed by atoms with van der Waals surface area (Å²) in [4.78, 5) is 12.4. The highest BCUT2D eigenvalue weighted by molar-refractivity contribution is 5.76. The quantitative estimate of drug-likeness (QED) is 0.770. The van der Waals surface area contributed by atoms with Gasteiger partial charge in [-0.25, -0.2) is 0 Å². The lowest BCUT2D eigenvalue weighted by molar-refractivity contribution is -0.123. The fourth-order valence-electron chi connectivity index (χ4n) is 3.63. The molecule has 1 aliphatic heterocycles. The molecule has 23 heavy (non-hydrogen) atoms. The van der Waals surface area contributed by atoms with Crippen molar-refractivity contribution >= 4 is 5.91 Å². The minimum absolute atomic E-state index is 0.227. The van der Waals surface area contributed by atoms with Gasteiger partial charge in [0.25, 0.3) is 0 Å². The molecule has 1 fully saturated rings. The van der Waals surface area contributed by atoms with E-state index in [1.807, 2.05) is 6.07 Å². The summed E-state index contributed by atoms with van der Waals surface area (Å²) in [5, 5.41) is 6.68. The summed E-state index contributed by atoms with van der Waals surface area (Å²) >= 11 is 0. The molecule has 128 valence electrons. The van der Waals surface area contributed by atoms with Gasteiger partial charge in [0, 0.05) is 12.5 Å². The Bertz CT molecular complexity index is 454. The van der Waals surface area contributed by atoms with Crippen LogP contribution in [-0.2, 0) is 11.2 Å². The Labute approximate surface area is 141 Å². The molecule has 3 nitrogen and oxygen atoms in total. The van der Waals surface area contributed by atoms with E-state index in [-0.39, 0.29) is 11.9 Å². The van der Waals surface area contributed by atoms with E-state index in [2.05, 4.69) is 48.7 Å². The molecule has 1 heterocycles. The first-order chi connectivity index (χ1) is 11.2. The van der Waals surface area contributed by atoms with Gasteiger partial charge in [0.05, 0.1) is 0 Å². The van der Waals surface area contributed by atoms with Crippen molar-refractivity contribution in [3.05, 3.63) is 35.9 Å². The smallest absolute Gasteiger partial charge is 0.220 e. The van der Waals surface area contributed by atoms with Gasteiger partial charge in [-0.15, -0.1) is 0 Å². The molecule has 0 spiro atoms. The number of carbonyl (C=O) groups is 1. The molecule has 1 aliphatic rings. The van der Waals surface area contributed by atoms with Gasteiger partial charge in [-0.1, -0.05) is 50.6 Å². The number of nitrogens with one attached hydrogen (secondary N) is 2. The third-order valence-electron chi connectivity index (χ3n) is 5.02. The minimum atomic E-state index is 0.227. The average molecular weight is 316 g/mol. The SMILES string of the molecule is CCCC(Cc1ccccc1)NC(=O)CC(C)C1CCNCC1. The topological polar surface area (TPSA) is 41.1 Å². The third-order valence-corrected chi connectivity index (χ3v) is 5.02. The van der Waals surface area contributed by atoms with Crippen molar-refractivity contribution in [2.75, 3.05) is 13.1 Å². The fourth-order valence-corrected chi connectivity index (χ4v) is 3.63. The molecule has 1 aromatic rings. The normalized spacial score (nSPS) is 18.3. The summed E-state index contributed by atoms with van der Waals surface area (Å²) < 4.78 is 0. The first kappa shape index (κ1) is 18.0. The molecular weight excluding hydrogens is 284 g/mol. The summed E-state index contributed by atoms with van der Waals surface area (Å²) in [5.41, 5.74) is 1.30. The fraction of sp³-hybridized carbons (Fsp3) is 0.650. The second-order valence-corrected chi connectivity index (χ2v) is 7.01. The maximum Gasteiger partial charge on any atom is 0.220 e. The molecule has 0 saturated carbocycles. The van der Waals surface area contributed by atoms with Gasteiger partial charge < -0.3 is 10.6 Å². The number of rotatable bonds is 8. The molecule has 0 bridgehead atoms. The Morgan fingerprint density at radius 2 is 1.96 bits per heavy atom. The van der Waals surface area contributed by atoms with Crippen molar-refractivity contribution in [3.63, 3.8) is 0 Å². The second-order valence-electron chi connectivity index (χ2n) is 7.01. The van der Waals surface area contributed by atoms with Crippen LogP contribution in [0.25, 0.3) is 0 Å². The molecule has 2 N–H and O–H groups in total. The average Bonchev–Trinajstić information content (AvgIpc) is 2.56. The van der Waals surface area contributed by atoms with Crippen LogP contribution in [0.15, 0.2) is 30.3 Å². The van der Waals surface area contributed by atoms with Crippen LogP contribution in [0.5, 0.6) is 0 Å². The summed E-state index contributed by atoms with van der Waals surface area (Å²) in [6.07, 6.45) is 6.15. The largest absolute Gasteiger partial charge is 0.353 e. The van der Waals surface area contributed by atoms with Crippen LogP contribution in [-0.4, -0.2) is 25.0 Å². The maximum absolute atomic E-state index is 12.4. The van der Waals surface area contributed by atoms with E-state index >= 15 is 0 Å². The van der Waals surface area contributed by atoms with Gasteiger partial charge in [0.15, 0.2) is 0 Å². The lowest BCUT2D eigenvalue weighted by Crippen LogP contribution is -2.38. The number of piperidine rings is 1. The molecule has 0 aromatic heterocycles. The van der Waals surface area contributed by atoms with Crippen LogP contribution in [0.3, 0.4) is 0 Å². The van der Waals surface area contributed by atoms with Crippen molar-refractivity contribution in [2.45, 2.75) is 58.4 Å². The highest BCUT2D eigenvalue weighted by Crippen LogP contribution is 2.24. The summed E-state index contributed by atoms with van der Waals surface area (Å²) in [5.74, 6) is 1.40. The highest BCUT2D eigenvalue weighted by Gasteiger charge is 2.23. The first-order valence-corrected chi connectivity index (χ1v) is 9.23. The van der Waals surface area contributed by atoms with Crippen LogP contribution in [0.4, 0.5) is 0 Å². The molecule has 1 aromatic carbocycles. The number of hydrogen-bond acceptors (Lipinski definition) is 2. The van der Waals surface area contributed by atoms with Gasteiger partial charge in [-0.3, -0.25) is 4.79 Å². The van der Waals surface area contributed by atoms with Crippen LogP contribution in [0, 0.1) is 11.8 Å². The van der Waals surface area contributed by atoms with Crippen molar-refractivity contribution < 1.29 is 4.79 Å². The zero-order chi connectivity index (χ0) is 16.5. The maximum atomic E-state index is 12.4. The Morgan fingerprint density at radius 3 is 2.61 bits per heavy atom. The van der Waals surface area contributed by atoms with E-state index in [1.165, 1.54) is 18.4 Å². The molecule has 2 rings (SSSR count). The van der Waals surface area contributed by atoms with E-state index in [9.17, 15) is 4.79 Å². The third kappa shape index (κ3) is 6.34. The monoisotopic (exact) mass is 316 g/mol. The lowest BCUT2D eigenvalue weighted by Gasteiger charge is -2.28. The van der Waals surface area contributed by atoms with E-state index in [0.717, 1.165) is 32.4 Å². The molecule has 2 unspecified atom stereocenters. The van der Waals surface area contributed by atoms with E-state index in [1.54, 1.807) is 0 Å². The summed E-state index contributed by atoms with van der Waals surface area (Å²) in [7, 11) is 0. The Morgan fingerprint density at radius 1 is 1.26 bits per heavy atom. The van der Waals surface area contributed by atoms with Crippen molar-refractivity contribution in [3.8, 4) is 0 Å². The number of amides is 1. The molecule has 0 aliphatic carbocycles. The van der Waals surface area contributed by atoms with E-state index in [0.29, 0.717) is 18.3 Å². The van der Waals surface area contributed by atoms with Crippen LogP contribution in [0.2, 0.25) is 0 Å². The zero-order valence-corrected chi connectivity index (χ0v) is 14.7. The van der Waals surface area contributed by atoms with Gasteiger partial charge in [0.2, 0.25) is 5.91 Å². The number of hydrogen-bond donors (Lipinski definition) is 2. The van der Waals surface area contributed by atoms with Gasteiger partial charge in [-0.05, 0) is 56.2 Å². The molecule has 1 amide bonds. The Balaban J connectivity index is 1.82. The first-order valence-electron chi connectivity index (χ1n) is 9.23. The second kappa shape index (κ2) is 9.71. The predicted molar refractivity (Wildman–Crippen MR) is 96.4 cm³/mol. The van der Waals surface area contributed by atoms with E-state index < -0.39 is 0 Å². The Hall–Kier alpha value is -1.35. The molecule has 2 atom stereocenters. The van der Waals surface area contributed by atoms with Crippen LogP contribution >= 0.6 is 0 Å². The highest BCUT2D eigenvalue weighted by atomic mass is 16.1.